The van der Waals surface area contributed by atoms with Crippen molar-refractivity contribution < 1.29 is 37.3 Å². The van der Waals surface area contributed by atoms with E-state index in [2.05, 4.69) is 4.98 Å². The molecule has 1 aromatic rings. The van der Waals surface area contributed by atoms with Crippen molar-refractivity contribution in [3.05, 3.63) is 34.7 Å². The first kappa shape index (κ1) is 21.4. The Hall–Kier alpha value is -2.26. The second-order valence-electron chi connectivity index (χ2n) is 7.10. The molecular formula is C20H22F3NO5. The van der Waals surface area contributed by atoms with Crippen LogP contribution in [0.2, 0.25) is 0 Å². The first-order chi connectivity index (χ1) is 13.7. The molecule has 2 bridgehead atoms. The molecule has 2 atom stereocenters. The van der Waals surface area contributed by atoms with Crippen molar-refractivity contribution in [1.82, 2.24) is 4.98 Å². The van der Waals surface area contributed by atoms with E-state index >= 15 is 0 Å². The van der Waals surface area contributed by atoms with Crippen LogP contribution in [-0.4, -0.2) is 41.5 Å². The first-order valence-corrected chi connectivity index (χ1v) is 9.48. The number of ether oxygens (including phenoxy) is 2. The number of aliphatic hydroxyl groups excluding tert-OH is 1. The first-order valence-electron chi connectivity index (χ1n) is 9.48. The standard InChI is InChI=1S/C20H22F3NO5/c1-2-28-7-8-29-10-14-13(5-6-15(24-14)20(21,22)23)19(27)16-17(25)11-3-4-12(9-11)18(16)26/h5-6,11-12,27H,2-4,7-10H2,1H3. The van der Waals surface area contributed by atoms with Crippen LogP contribution < -0.4 is 0 Å². The van der Waals surface area contributed by atoms with Crippen LogP contribution in [0.15, 0.2) is 17.7 Å². The number of ketones is 2. The van der Waals surface area contributed by atoms with E-state index in [1.807, 2.05) is 0 Å². The summed E-state index contributed by atoms with van der Waals surface area (Å²) in [7, 11) is 0. The molecule has 29 heavy (non-hydrogen) atoms. The lowest BCUT2D eigenvalue weighted by Gasteiger charge is -2.21. The zero-order valence-electron chi connectivity index (χ0n) is 15.9. The number of hydrogen-bond acceptors (Lipinski definition) is 6. The smallest absolute Gasteiger partial charge is 0.433 e. The van der Waals surface area contributed by atoms with E-state index < -0.39 is 29.2 Å². The Bertz CT molecular complexity index is 810. The monoisotopic (exact) mass is 413 g/mol. The van der Waals surface area contributed by atoms with Crippen LogP contribution in [0.3, 0.4) is 0 Å². The number of carbonyl (C=O) groups excluding carboxylic acids is 2. The fourth-order valence-corrected chi connectivity index (χ4v) is 3.77. The number of rotatable bonds is 7. The van der Waals surface area contributed by atoms with Crippen LogP contribution in [0, 0.1) is 11.8 Å². The molecule has 0 aliphatic heterocycles. The fraction of sp³-hybridized carbons (Fsp3) is 0.550. The van der Waals surface area contributed by atoms with Gasteiger partial charge in [0.1, 0.15) is 17.0 Å². The van der Waals surface area contributed by atoms with Crippen molar-refractivity contribution in [2.24, 2.45) is 11.8 Å². The third-order valence-corrected chi connectivity index (χ3v) is 5.24. The molecule has 0 spiro atoms. The molecule has 0 saturated heterocycles. The Morgan fingerprint density at radius 1 is 1.14 bits per heavy atom. The quantitative estimate of drug-likeness (QED) is 0.319. The van der Waals surface area contributed by atoms with Gasteiger partial charge in [-0.3, -0.25) is 9.59 Å². The van der Waals surface area contributed by atoms with Gasteiger partial charge in [0.2, 0.25) is 0 Å². The van der Waals surface area contributed by atoms with Gasteiger partial charge in [0, 0.05) is 24.0 Å². The average Bonchev–Trinajstić information content (AvgIpc) is 3.13. The van der Waals surface area contributed by atoms with Gasteiger partial charge in [-0.25, -0.2) is 4.98 Å². The van der Waals surface area contributed by atoms with Crippen molar-refractivity contribution in [1.29, 1.82) is 0 Å². The maximum absolute atomic E-state index is 13.1. The second-order valence-corrected chi connectivity index (χ2v) is 7.10. The second kappa shape index (κ2) is 8.62. The summed E-state index contributed by atoms with van der Waals surface area (Å²) in [6.07, 6.45) is -3.07. The number of hydrogen-bond donors (Lipinski definition) is 1. The minimum atomic E-state index is -4.68. The van der Waals surface area contributed by atoms with Gasteiger partial charge < -0.3 is 14.6 Å². The summed E-state index contributed by atoms with van der Waals surface area (Å²) in [6, 6.07) is 1.73. The molecule has 0 aromatic carbocycles. The lowest BCUT2D eigenvalue weighted by Crippen LogP contribution is -2.30. The average molecular weight is 413 g/mol. The maximum Gasteiger partial charge on any atom is 0.433 e. The largest absolute Gasteiger partial charge is 0.506 e. The van der Waals surface area contributed by atoms with Gasteiger partial charge in [-0.05, 0) is 38.3 Å². The summed E-state index contributed by atoms with van der Waals surface area (Å²) < 4.78 is 49.6. The normalized spacial score (nSPS) is 21.7. The predicted molar refractivity (Wildman–Crippen MR) is 95.8 cm³/mol. The van der Waals surface area contributed by atoms with Gasteiger partial charge >= 0.3 is 6.18 Å². The Kier molecular flexibility index (Phi) is 6.38. The number of halogens is 3. The number of fused-ring (bicyclic) bond motifs is 2. The summed E-state index contributed by atoms with van der Waals surface area (Å²) in [5.41, 5.74) is -1.78. The number of Topliss-reactive ketones (excluding diaryl/α,β-unsaturated/α-hetero) is 2. The summed E-state index contributed by atoms with van der Waals surface area (Å²) in [5.74, 6) is -2.19. The molecule has 2 aliphatic rings. The summed E-state index contributed by atoms with van der Waals surface area (Å²) in [5, 5.41) is 10.7. The molecule has 1 N–H and O–H groups in total. The van der Waals surface area contributed by atoms with Gasteiger partial charge in [0.05, 0.1) is 25.5 Å². The SMILES string of the molecule is CCOCCOCc1nc(C(F)(F)F)ccc1C(O)=C1C(=O)C2CCC(C2)C1=O. The molecular weight excluding hydrogens is 391 g/mol. The summed E-state index contributed by atoms with van der Waals surface area (Å²) in [6.45, 7) is 2.29. The van der Waals surface area contributed by atoms with Crippen LogP contribution >= 0.6 is 0 Å². The minimum Gasteiger partial charge on any atom is -0.506 e. The third kappa shape index (κ3) is 4.51. The molecule has 3 rings (SSSR count). The number of aliphatic hydroxyl groups is 1. The van der Waals surface area contributed by atoms with E-state index in [1.54, 1.807) is 6.92 Å². The zero-order valence-corrected chi connectivity index (χ0v) is 15.9. The van der Waals surface area contributed by atoms with E-state index in [1.165, 1.54) is 0 Å². The zero-order chi connectivity index (χ0) is 21.2. The van der Waals surface area contributed by atoms with E-state index in [-0.39, 0.29) is 48.5 Å². The van der Waals surface area contributed by atoms with Gasteiger partial charge in [0.25, 0.3) is 0 Å². The van der Waals surface area contributed by atoms with Crippen LogP contribution in [0.5, 0.6) is 0 Å². The molecule has 0 radical (unpaired) electrons. The molecule has 2 unspecified atom stereocenters. The van der Waals surface area contributed by atoms with Gasteiger partial charge in [0.15, 0.2) is 11.6 Å². The number of allylic oxidation sites excluding steroid dienone is 1. The van der Waals surface area contributed by atoms with Crippen molar-refractivity contribution in [3.8, 4) is 0 Å². The van der Waals surface area contributed by atoms with Crippen LogP contribution in [0.1, 0.15) is 43.1 Å². The van der Waals surface area contributed by atoms with E-state index in [0.717, 1.165) is 6.07 Å². The molecule has 6 nitrogen and oxygen atoms in total. The van der Waals surface area contributed by atoms with Crippen molar-refractivity contribution in [3.63, 3.8) is 0 Å². The van der Waals surface area contributed by atoms with Gasteiger partial charge in [-0.2, -0.15) is 13.2 Å². The van der Waals surface area contributed by atoms with Crippen LogP contribution in [0.4, 0.5) is 13.2 Å². The highest BCUT2D eigenvalue weighted by Gasteiger charge is 2.45. The number of aromatic nitrogens is 1. The highest BCUT2D eigenvalue weighted by molar-refractivity contribution is 6.27. The fourth-order valence-electron chi connectivity index (χ4n) is 3.77. The molecule has 1 heterocycles. The molecule has 158 valence electrons. The molecule has 2 saturated carbocycles. The molecule has 1 aromatic heterocycles. The topological polar surface area (TPSA) is 85.7 Å². The predicted octanol–water partition coefficient (Wildman–Crippen LogP) is 3.49. The maximum atomic E-state index is 13.1. The molecule has 0 amide bonds. The van der Waals surface area contributed by atoms with Crippen molar-refractivity contribution >= 4 is 17.3 Å². The molecule has 2 fully saturated rings. The molecule has 2 aliphatic carbocycles. The number of alkyl halides is 3. The lowest BCUT2D eigenvalue weighted by atomic mass is 9.81. The Morgan fingerprint density at radius 2 is 1.76 bits per heavy atom. The van der Waals surface area contributed by atoms with E-state index in [9.17, 15) is 27.9 Å². The summed E-state index contributed by atoms with van der Waals surface area (Å²) in [4.78, 5) is 28.8. The number of nitrogens with zero attached hydrogens (tertiary/aromatic N) is 1. The third-order valence-electron chi connectivity index (χ3n) is 5.24. The van der Waals surface area contributed by atoms with Crippen LogP contribution in [0.25, 0.3) is 5.76 Å². The van der Waals surface area contributed by atoms with E-state index in [0.29, 0.717) is 31.9 Å². The Balaban J connectivity index is 1.96. The lowest BCUT2D eigenvalue weighted by molar-refractivity contribution is -0.141. The summed E-state index contributed by atoms with van der Waals surface area (Å²) >= 11 is 0. The van der Waals surface area contributed by atoms with Crippen molar-refractivity contribution in [2.75, 3.05) is 19.8 Å². The minimum absolute atomic E-state index is 0.104. The molecule has 9 heteroatoms. The number of pyridine rings is 1. The van der Waals surface area contributed by atoms with Crippen molar-refractivity contribution in [2.45, 2.75) is 39.0 Å². The van der Waals surface area contributed by atoms with E-state index in [4.69, 9.17) is 9.47 Å². The van der Waals surface area contributed by atoms with Gasteiger partial charge in [-0.15, -0.1) is 0 Å². The highest BCUT2D eigenvalue weighted by Crippen LogP contribution is 2.42. The number of carbonyl (C=O) groups is 2. The Labute approximate surface area is 165 Å². The van der Waals surface area contributed by atoms with Crippen LogP contribution in [-0.2, 0) is 31.8 Å². The van der Waals surface area contributed by atoms with Gasteiger partial charge in [-0.1, -0.05) is 0 Å². The highest BCUT2D eigenvalue weighted by atomic mass is 19.4. The Morgan fingerprint density at radius 3 is 2.34 bits per heavy atom.